The molecule has 3 nitrogen and oxygen atoms in total. The third-order valence-corrected chi connectivity index (χ3v) is 16.2. The topological polar surface area (TPSA) is 14.8 Å². The third-order valence-electron chi connectivity index (χ3n) is 16.2. The molecule has 0 aliphatic heterocycles. The van der Waals surface area contributed by atoms with E-state index >= 15 is 0 Å². The molecule has 71 heavy (non-hydrogen) atoms. The minimum Gasteiger partial charge on any atom is -0.309 e. The van der Waals surface area contributed by atoms with Crippen LogP contribution in [0.4, 0.5) is 0 Å². The Hall–Kier alpha value is -8.40. The van der Waals surface area contributed by atoms with E-state index in [1.165, 1.54) is 138 Å². The zero-order chi connectivity index (χ0) is 46.6. The van der Waals surface area contributed by atoms with Gasteiger partial charge in [-0.1, -0.05) is 164 Å². The molecule has 0 unspecified atom stereocenters. The van der Waals surface area contributed by atoms with Crippen molar-refractivity contribution < 1.29 is 0 Å². The van der Waals surface area contributed by atoms with Crippen molar-refractivity contribution >= 4 is 65.4 Å². The van der Waals surface area contributed by atoms with Gasteiger partial charge in [0.05, 0.1) is 44.5 Å². The number of benzene rings is 10. The van der Waals surface area contributed by atoms with E-state index in [4.69, 9.17) is 0 Å². The second-order valence-corrected chi connectivity index (χ2v) is 20.1. The molecule has 0 N–H and O–H groups in total. The predicted octanol–water partition coefficient (Wildman–Crippen LogP) is 16.4. The van der Waals surface area contributed by atoms with E-state index in [1.54, 1.807) is 0 Å². The van der Waals surface area contributed by atoms with E-state index in [0.717, 1.165) is 51.4 Å². The molecule has 13 aromatic rings. The Labute approximate surface area is 413 Å². The average Bonchev–Trinajstić information content (AvgIpc) is 4.05. The van der Waals surface area contributed by atoms with Crippen LogP contribution in [0, 0.1) is 0 Å². The van der Waals surface area contributed by atoms with E-state index in [1.807, 2.05) is 0 Å². The van der Waals surface area contributed by atoms with Crippen LogP contribution in [0.1, 0.15) is 44.5 Å². The molecular weight excluding hydrogens is 859 g/mol. The predicted molar refractivity (Wildman–Crippen MR) is 297 cm³/mol. The molecule has 0 radical (unpaired) electrons. The molecule has 8 aliphatic rings. The quantitative estimate of drug-likeness (QED) is 0.167. The number of hydrogen-bond donors (Lipinski definition) is 0. The smallest absolute Gasteiger partial charge is 0.0576 e. The number of aromatic nitrogens is 3. The van der Waals surface area contributed by atoms with Crippen LogP contribution in [0.3, 0.4) is 0 Å². The summed E-state index contributed by atoms with van der Waals surface area (Å²) in [6.45, 7) is 0. The number of fused-ring (bicyclic) bond motifs is 9. The van der Waals surface area contributed by atoms with Gasteiger partial charge in [-0.25, -0.2) is 0 Å². The van der Waals surface area contributed by atoms with E-state index in [-0.39, 0.29) is 0 Å². The van der Waals surface area contributed by atoms with Gasteiger partial charge in [-0.3, -0.25) is 0 Å². The first-order valence-electron chi connectivity index (χ1n) is 25.7. The summed E-state index contributed by atoms with van der Waals surface area (Å²) in [5, 5.41) is 7.67. The first kappa shape index (κ1) is 40.5. The summed E-state index contributed by atoms with van der Waals surface area (Å²) in [6.07, 6.45) is 7.57. The van der Waals surface area contributed by atoms with Crippen molar-refractivity contribution in [2.45, 2.75) is 51.4 Å². The molecule has 3 heteroatoms. The van der Waals surface area contributed by atoms with Crippen LogP contribution < -0.4 is 0 Å². The second-order valence-electron chi connectivity index (χ2n) is 20.1. The van der Waals surface area contributed by atoms with Crippen LogP contribution in [-0.4, -0.2) is 13.7 Å². The minimum absolute atomic E-state index is 0.918. The normalized spacial score (nSPS) is 13.7. The van der Waals surface area contributed by atoms with Gasteiger partial charge in [-0.05, 0) is 144 Å². The second kappa shape index (κ2) is 16.1. The van der Waals surface area contributed by atoms with Crippen LogP contribution in [0.2, 0.25) is 0 Å². The van der Waals surface area contributed by atoms with Crippen LogP contribution in [-0.2, 0) is 51.4 Å². The number of aryl methyl sites for hydroxylation is 8. The highest BCUT2D eigenvalue weighted by Gasteiger charge is 2.29. The lowest BCUT2D eigenvalue weighted by molar-refractivity contribution is 0.898. The summed E-state index contributed by atoms with van der Waals surface area (Å²) < 4.78 is 7.82. The SMILES string of the molecule is c1ccc2c(c1)c1ccccc1n2-c1ccc2c(c1)c1ccccc1n2-c1c2ccc(c1-c1c3ccc(c1-n1c4ccccc4c4ccccc41)CCc1ccc(cc1)CC3)CCc1ccc(cc1)CC2. The zero-order valence-corrected chi connectivity index (χ0v) is 39.7. The van der Waals surface area contributed by atoms with Gasteiger partial charge in [-0.15, -0.1) is 0 Å². The van der Waals surface area contributed by atoms with Gasteiger partial charge in [-0.2, -0.15) is 0 Å². The van der Waals surface area contributed by atoms with E-state index in [9.17, 15) is 0 Å². The Balaban J connectivity index is 1.08. The third kappa shape index (κ3) is 6.35. The fraction of sp³-hybridized carbons (Fsp3) is 0.118. The first-order chi connectivity index (χ1) is 35.2. The number of para-hydroxylation sites is 5. The molecule has 0 fully saturated rings. The van der Waals surface area contributed by atoms with Gasteiger partial charge in [0.2, 0.25) is 0 Å². The van der Waals surface area contributed by atoms with Crippen molar-refractivity contribution in [2.24, 2.45) is 0 Å². The molecule has 21 rings (SSSR count). The highest BCUT2D eigenvalue weighted by atomic mass is 15.0. The van der Waals surface area contributed by atoms with Crippen molar-refractivity contribution in [3.8, 4) is 28.2 Å². The molecule has 10 aromatic carbocycles. The van der Waals surface area contributed by atoms with Gasteiger partial charge in [0, 0.05) is 49.1 Å². The number of nitrogens with zero attached hydrogens (tertiary/aromatic N) is 3. The molecule has 0 amide bonds. The van der Waals surface area contributed by atoms with Crippen LogP contribution in [0.5, 0.6) is 0 Å². The maximum Gasteiger partial charge on any atom is 0.0576 e. The standard InChI is InChI=1S/C68H51N3/c1-6-16-59-53(11-1)54-12-2-7-17-60(54)69(59)52-41-42-64-58(43-52)57-15-5-10-20-63(57)71(64)68-51-36-32-47-27-23-45(24-28-47)30-34-49(38-40-51)66(68)65-48-33-29-44-21-25-46(26-22-44)31-35-50(39-37-48)67(65)70-61-18-8-3-13-55(61)56-14-4-9-19-62(56)70/h1-28,37-43H,29-36H2. The lowest BCUT2D eigenvalue weighted by atomic mass is 9.82. The van der Waals surface area contributed by atoms with Crippen LogP contribution in [0.25, 0.3) is 93.6 Å². The van der Waals surface area contributed by atoms with Gasteiger partial charge >= 0.3 is 0 Å². The Morgan fingerprint density at radius 3 is 0.901 bits per heavy atom. The molecule has 3 heterocycles. The van der Waals surface area contributed by atoms with Crippen molar-refractivity contribution in [3.63, 3.8) is 0 Å². The van der Waals surface area contributed by atoms with Crippen molar-refractivity contribution in [1.82, 2.24) is 13.7 Å². The largest absolute Gasteiger partial charge is 0.309 e. The summed E-state index contributed by atoms with van der Waals surface area (Å²) in [5.74, 6) is 0. The monoisotopic (exact) mass is 909 g/mol. The van der Waals surface area contributed by atoms with Crippen LogP contribution in [0.15, 0.2) is 212 Å². The molecule has 338 valence electrons. The van der Waals surface area contributed by atoms with E-state index in [2.05, 4.69) is 226 Å². The van der Waals surface area contributed by atoms with Crippen molar-refractivity contribution in [2.75, 3.05) is 0 Å². The Bertz CT molecular complexity index is 4160. The molecule has 3 aromatic heterocycles. The van der Waals surface area contributed by atoms with Crippen LogP contribution >= 0.6 is 0 Å². The van der Waals surface area contributed by atoms with Gasteiger partial charge in [0.25, 0.3) is 0 Å². The molecule has 8 aliphatic carbocycles. The zero-order valence-electron chi connectivity index (χ0n) is 39.7. The van der Waals surface area contributed by atoms with E-state index < -0.39 is 0 Å². The molecule has 0 atom stereocenters. The summed E-state index contributed by atoms with van der Waals surface area (Å²) in [4.78, 5) is 0. The molecule has 0 saturated heterocycles. The number of rotatable bonds is 4. The molecular formula is C68H51N3. The molecule has 8 bridgehead atoms. The van der Waals surface area contributed by atoms with Gasteiger partial charge in [0.1, 0.15) is 0 Å². The Morgan fingerprint density at radius 1 is 0.225 bits per heavy atom. The highest BCUT2D eigenvalue weighted by Crippen LogP contribution is 2.48. The Morgan fingerprint density at radius 2 is 0.521 bits per heavy atom. The van der Waals surface area contributed by atoms with E-state index in [0.29, 0.717) is 0 Å². The summed E-state index contributed by atoms with van der Waals surface area (Å²) in [7, 11) is 0. The van der Waals surface area contributed by atoms with Gasteiger partial charge < -0.3 is 13.7 Å². The lowest BCUT2D eigenvalue weighted by Crippen LogP contribution is -2.13. The van der Waals surface area contributed by atoms with Gasteiger partial charge in [0.15, 0.2) is 0 Å². The fourth-order valence-electron chi connectivity index (χ4n) is 12.8. The summed E-state index contributed by atoms with van der Waals surface area (Å²) in [5.41, 5.74) is 25.2. The van der Waals surface area contributed by atoms with Crippen molar-refractivity contribution in [3.05, 3.63) is 257 Å². The lowest BCUT2D eigenvalue weighted by Gasteiger charge is -2.28. The Kier molecular flexibility index (Phi) is 9.17. The highest BCUT2D eigenvalue weighted by molar-refractivity contribution is 6.14. The first-order valence-corrected chi connectivity index (χ1v) is 25.7. The van der Waals surface area contributed by atoms with Crippen molar-refractivity contribution in [1.29, 1.82) is 0 Å². The molecule has 0 spiro atoms. The average molecular weight is 910 g/mol. The summed E-state index contributed by atoms with van der Waals surface area (Å²) >= 11 is 0. The molecule has 0 saturated carbocycles. The summed E-state index contributed by atoms with van der Waals surface area (Å²) in [6, 6.07) is 81.4. The number of hydrogen-bond acceptors (Lipinski definition) is 0. The fourth-order valence-corrected chi connectivity index (χ4v) is 12.8. The maximum atomic E-state index is 2.69. The minimum atomic E-state index is 0.918. The maximum absolute atomic E-state index is 2.69.